The summed E-state index contributed by atoms with van der Waals surface area (Å²) >= 11 is 0. The summed E-state index contributed by atoms with van der Waals surface area (Å²) in [6.07, 6.45) is 6.83. The summed E-state index contributed by atoms with van der Waals surface area (Å²) in [7, 11) is 1.74. The Hall–Kier alpha value is -2.08. The Morgan fingerprint density at radius 1 is 1.38 bits per heavy atom. The number of benzene rings is 1. The molecule has 6 heteroatoms. The van der Waals surface area contributed by atoms with Crippen LogP contribution in [0.25, 0.3) is 0 Å². The van der Waals surface area contributed by atoms with E-state index in [1.54, 1.807) is 19.8 Å². The number of hydrogen-bond acceptors (Lipinski definition) is 5. The van der Waals surface area contributed by atoms with E-state index in [2.05, 4.69) is 39.4 Å². The second-order valence-corrected chi connectivity index (χ2v) is 6.47. The zero-order valence-corrected chi connectivity index (χ0v) is 14.6. The standard InChI is InChI=1S/C18H27N5O/c1-15(9-11-23-14-19-13-20-23)21-16-6-5-10-22(12-16)17-7-3-4-8-18(17)24-2/h3-4,7-8,13-16,21H,5-6,9-12H2,1-2H3/t15-,16+/m0/s1. The van der Waals surface area contributed by atoms with Gasteiger partial charge in [0, 0.05) is 31.7 Å². The molecule has 1 aliphatic rings. The molecule has 24 heavy (non-hydrogen) atoms. The van der Waals surface area contributed by atoms with Crippen LogP contribution in [0.2, 0.25) is 0 Å². The molecule has 0 amide bonds. The van der Waals surface area contributed by atoms with Crippen molar-refractivity contribution in [2.45, 2.75) is 44.8 Å². The molecule has 6 nitrogen and oxygen atoms in total. The Bertz CT molecular complexity index is 616. The van der Waals surface area contributed by atoms with Crippen molar-refractivity contribution < 1.29 is 4.74 Å². The van der Waals surface area contributed by atoms with Crippen LogP contribution in [0.3, 0.4) is 0 Å². The van der Waals surface area contributed by atoms with Crippen LogP contribution >= 0.6 is 0 Å². The number of ether oxygens (including phenoxy) is 1. The molecule has 0 aliphatic carbocycles. The first-order valence-electron chi connectivity index (χ1n) is 8.72. The lowest BCUT2D eigenvalue weighted by molar-refractivity contribution is 0.357. The van der Waals surface area contributed by atoms with Gasteiger partial charge in [0.1, 0.15) is 18.4 Å². The molecule has 1 aromatic carbocycles. The fraction of sp³-hybridized carbons (Fsp3) is 0.556. The Kier molecular flexibility index (Phi) is 5.69. The molecule has 130 valence electrons. The molecule has 1 N–H and O–H groups in total. The summed E-state index contributed by atoms with van der Waals surface area (Å²) in [6, 6.07) is 9.25. The molecule has 1 fully saturated rings. The molecule has 2 heterocycles. The molecular weight excluding hydrogens is 302 g/mol. The van der Waals surface area contributed by atoms with Crippen molar-refractivity contribution in [3.8, 4) is 5.75 Å². The van der Waals surface area contributed by atoms with E-state index in [0.29, 0.717) is 12.1 Å². The Balaban J connectivity index is 1.53. The maximum Gasteiger partial charge on any atom is 0.142 e. The third-order valence-electron chi connectivity index (χ3n) is 4.63. The van der Waals surface area contributed by atoms with E-state index >= 15 is 0 Å². The number of nitrogens with zero attached hydrogens (tertiary/aromatic N) is 4. The molecule has 0 bridgehead atoms. The Morgan fingerprint density at radius 3 is 3.04 bits per heavy atom. The van der Waals surface area contributed by atoms with Gasteiger partial charge in [-0.05, 0) is 38.3 Å². The van der Waals surface area contributed by atoms with Crippen molar-refractivity contribution in [3.63, 3.8) is 0 Å². The van der Waals surface area contributed by atoms with Gasteiger partial charge in [-0.25, -0.2) is 4.98 Å². The predicted molar refractivity (Wildman–Crippen MR) is 95.5 cm³/mol. The van der Waals surface area contributed by atoms with Gasteiger partial charge in [0.2, 0.25) is 0 Å². The van der Waals surface area contributed by atoms with Crippen LogP contribution in [0.1, 0.15) is 26.2 Å². The van der Waals surface area contributed by atoms with Crippen molar-refractivity contribution >= 4 is 5.69 Å². The number of hydrogen-bond donors (Lipinski definition) is 1. The number of aromatic nitrogens is 3. The highest BCUT2D eigenvalue weighted by atomic mass is 16.5. The van der Waals surface area contributed by atoms with Gasteiger partial charge in [0.05, 0.1) is 12.8 Å². The molecule has 0 unspecified atom stereocenters. The van der Waals surface area contributed by atoms with Crippen molar-refractivity contribution in [1.29, 1.82) is 0 Å². The molecule has 0 saturated carbocycles. The fourth-order valence-electron chi connectivity index (χ4n) is 3.38. The second kappa shape index (κ2) is 8.15. The van der Waals surface area contributed by atoms with E-state index in [-0.39, 0.29) is 0 Å². The smallest absolute Gasteiger partial charge is 0.142 e. The van der Waals surface area contributed by atoms with E-state index in [9.17, 15) is 0 Å². The van der Waals surface area contributed by atoms with Crippen molar-refractivity contribution in [2.75, 3.05) is 25.1 Å². The number of para-hydroxylation sites is 2. The lowest BCUT2D eigenvalue weighted by Crippen LogP contribution is -2.48. The summed E-state index contributed by atoms with van der Waals surface area (Å²) in [6.45, 7) is 5.26. The first kappa shape index (κ1) is 16.8. The average molecular weight is 329 g/mol. The largest absolute Gasteiger partial charge is 0.495 e. The Morgan fingerprint density at radius 2 is 2.25 bits per heavy atom. The lowest BCUT2D eigenvalue weighted by atomic mass is 10.0. The van der Waals surface area contributed by atoms with Crippen LogP contribution in [0.4, 0.5) is 5.69 Å². The maximum absolute atomic E-state index is 5.52. The van der Waals surface area contributed by atoms with Crippen LogP contribution in [-0.4, -0.2) is 47.0 Å². The van der Waals surface area contributed by atoms with Crippen molar-refractivity contribution in [3.05, 3.63) is 36.9 Å². The first-order chi connectivity index (χ1) is 11.8. The van der Waals surface area contributed by atoms with Crippen LogP contribution in [-0.2, 0) is 6.54 Å². The second-order valence-electron chi connectivity index (χ2n) is 6.47. The Labute approximate surface area is 143 Å². The number of aryl methyl sites for hydroxylation is 1. The van der Waals surface area contributed by atoms with Gasteiger partial charge in [-0.2, -0.15) is 5.10 Å². The van der Waals surface area contributed by atoms with Crippen molar-refractivity contribution in [1.82, 2.24) is 20.1 Å². The van der Waals surface area contributed by atoms with Gasteiger partial charge in [-0.15, -0.1) is 0 Å². The third-order valence-corrected chi connectivity index (χ3v) is 4.63. The zero-order chi connectivity index (χ0) is 16.8. The van der Waals surface area contributed by atoms with Gasteiger partial charge >= 0.3 is 0 Å². The van der Waals surface area contributed by atoms with Crippen LogP contribution < -0.4 is 15.0 Å². The van der Waals surface area contributed by atoms with Gasteiger partial charge in [-0.1, -0.05) is 12.1 Å². The van der Waals surface area contributed by atoms with Crippen LogP contribution in [0.15, 0.2) is 36.9 Å². The molecule has 0 spiro atoms. The van der Waals surface area contributed by atoms with E-state index in [4.69, 9.17) is 4.74 Å². The summed E-state index contributed by atoms with van der Waals surface area (Å²) in [5.74, 6) is 0.956. The minimum atomic E-state index is 0.455. The number of methoxy groups -OCH3 is 1. The van der Waals surface area contributed by atoms with E-state index in [1.165, 1.54) is 18.5 Å². The van der Waals surface area contributed by atoms with Crippen LogP contribution in [0.5, 0.6) is 5.75 Å². The molecule has 0 radical (unpaired) electrons. The average Bonchev–Trinajstić information content (AvgIpc) is 3.14. The lowest BCUT2D eigenvalue weighted by Gasteiger charge is -2.36. The number of rotatable bonds is 7. The summed E-state index contributed by atoms with van der Waals surface area (Å²) < 4.78 is 7.41. The summed E-state index contributed by atoms with van der Waals surface area (Å²) in [5.41, 5.74) is 1.20. The molecular formula is C18H27N5O. The quantitative estimate of drug-likeness (QED) is 0.845. The molecule has 2 atom stereocenters. The molecule has 1 saturated heterocycles. The monoisotopic (exact) mass is 329 g/mol. The number of nitrogens with one attached hydrogen (secondary N) is 1. The SMILES string of the molecule is COc1ccccc1N1CCC[C@@H](N[C@@H](C)CCn2cncn2)C1. The molecule has 1 aliphatic heterocycles. The van der Waals surface area contributed by atoms with E-state index in [0.717, 1.165) is 31.8 Å². The van der Waals surface area contributed by atoms with Gasteiger partial charge in [0.15, 0.2) is 0 Å². The predicted octanol–water partition coefficient (Wildman–Crippen LogP) is 2.32. The maximum atomic E-state index is 5.52. The molecule has 2 aromatic rings. The topological polar surface area (TPSA) is 55.2 Å². The number of piperidine rings is 1. The third kappa shape index (κ3) is 4.26. The fourth-order valence-corrected chi connectivity index (χ4v) is 3.38. The highest BCUT2D eigenvalue weighted by Crippen LogP contribution is 2.29. The van der Waals surface area contributed by atoms with E-state index < -0.39 is 0 Å². The molecule has 1 aromatic heterocycles. The normalized spacial score (nSPS) is 19.2. The minimum Gasteiger partial charge on any atom is -0.495 e. The van der Waals surface area contributed by atoms with Crippen molar-refractivity contribution in [2.24, 2.45) is 0 Å². The number of anilines is 1. The van der Waals surface area contributed by atoms with E-state index in [1.807, 2.05) is 16.8 Å². The summed E-state index contributed by atoms with van der Waals surface area (Å²) in [5, 5.41) is 7.94. The zero-order valence-electron chi connectivity index (χ0n) is 14.6. The summed E-state index contributed by atoms with van der Waals surface area (Å²) in [4.78, 5) is 6.42. The van der Waals surface area contributed by atoms with Gasteiger partial charge in [-0.3, -0.25) is 4.68 Å². The van der Waals surface area contributed by atoms with Gasteiger partial charge in [0.25, 0.3) is 0 Å². The first-order valence-corrected chi connectivity index (χ1v) is 8.72. The minimum absolute atomic E-state index is 0.455. The van der Waals surface area contributed by atoms with Gasteiger partial charge < -0.3 is 15.0 Å². The molecule has 3 rings (SSSR count). The highest BCUT2D eigenvalue weighted by molar-refractivity contribution is 5.58. The highest BCUT2D eigenvalue weighted by Gasteiger charge is 2.23. The van der Waals surface area contributed by atoms with Crippen LogP contribution in [0, 0.1) is 0 Å².